The Morgan fingerprint density at radius 2 is 2.00 bits per heavy atom. The van der Waals surface area contributed by atoms with E-state index in [1.54, 1.807) is 6.07 Å². The lowest BCUT2D eigenvalue weighted by Gasteiger charge is -2.21. The molecule has 4 rings (SSSR count). The van der Waals surface area contributed by atoms with E-state index in [9.17, 15) is 4.79 Å². The monoisotopic (exact) mass is 308 g/mol. The largest absolute Gasteiger partial charge is 0.317 e. The van der Waals surface area contributed by atoms with Crippen molar-refractivity contribution >= 4 is 5.65 Å². The van der Waals surface area contributed by atoms with E-state index >= 15 is 0 Å². The van der Waals surface area contributed by atoms with Gasteiger partial charge in [0.15, 0.2) is 5.65 Å². The van der Waals surface area contributed by atoms with Crippen LogP contribution < -0.4 is 10.9 Å². The van der Waals surface area contributed by atoms with Gasteiger partial charge in [0.05, 0.1) is 11.4 Å². The Kier molecular flexibility index (Phi) is 3.50. The van der Waals surface area contributed by atoms with Crippen LogP contribution in [0.3, 0.4) is 0 Å². The second-order valence-corrected chi connectivity index (χ2v) is 6.28. The lowest BCUT2D eigenvalue weighted by atomic mass is 9.94. The van der Waals surface area contributed by atoms with Gasteiger partial charge in [0.2, 0.25) is 0 Å². The molecule has 0 radical (unpaired) electrons. The van der Waals surface area contributed by atoms with Crippen LogP contribution in [0.25, 0.3) is 16.9 Å². The summed E-state index contributed by atoms with van der Waals surface area (Å²) in [6.45, 7) is 4.05. The minimum atomic E-state index is -0.0394. The van der Waals surface area contributed by atoms with Crippen molar-refractivity contribution in [2.45, 2.75) is 25.7 Å². The first kappa shape index (κ1) is 14.2. The lowest BCUT2D eigenvalue weighted by Crippen LogP contribution is -2.28. The van der Waals surface area contributed by atoms with E-state index in [-0.39, 0.29) is 5.56 Å². The summed E-state index contributed by atoms with van der Waals surface area (Å²) in [6, 6.07) is 11.9. The summed E-state index contributed by atoms with van der Waals surface area (Å²) in [7, 11) is 0. The molecule has 0 saturated carbocycles. The zero-order chi connectivity index (χ0) is 15.8. The maximum absolute atomic E-state index is 12.4. The predicted octanol–water partition coefficient (Wildman–Crippen LogP) is 2.47. The average molecular weight is 308 g/mol. The first-order valence-corrected chi connectivity index (χ1v) is 8.11. The first-order valence-electron chi connectivity index (χ1n) is 8.11. The third-order valence-electron chi connectivity index (χ3n) is 4.56. The summed E-state index contributed by atoms with van der Waals surface area (Å²) in [5.41, 5.74) is 4.76. The van der Waals surface area contributed by atoms with E-state index in [0.29, 0.717) is 11.6 Å². The van der Waals surface area contributed by atoms with Crippen LogP contribution in [0.2, 0.25) is 0 Å². The molecule has 0 spiro atoms. The van der Waals surface area contributed by atoms with Crippen LogP contribution in [0.1, 0.15) is 30.0 Å². The average Bonchev–Trinajstić information content (AvgIpc) is 3.00. The fourth-order valence-corrected chi connectivity index (χ4v) is 3.30. The maximum Gasteiger partial charge on any atom is 0.272 e. The molecule has 0 amide bonds. The quantitative estimate of drug-likeness (QED) is 0.764. The third kappa shape index (κ3) is 2.68. The van der Waals surface area contributed by atoms with Crippen LogP contribution in [0.15, 0.2) is 41.2 Å². The highest BCUT2D eigenvalue weighted by Gasteiger charge is 2.18. The second kappa shape index (κ2) is 5.66. The van der Waals surface area contributed by atoms with Crippen molar-refractivity contribution in [3.05, 3.63) is 58.0 Å². The molecule has 118 valence electrons. The minimum absolute atomic E-state index is 0.0394. The number of aromatic nitrogens is 3. The summed E-state index contributed by atoms with van der Waals surface area (Å²) in [5.74, 6) is 0.381. The molecule has 1 aromatic carbocycles. The van der Waals surface area contributed by atoms with Gasteiger partial charge in [-0.15, -0.1) is 0 Å². The smallest absolute Gasteiger partial charge is 0.272 e. The van der Waals surface area contributed by atoms with Gasteiger partial charge in [-0.25, -0.2) is 9.50 Å². The normalized spacial score (nSPS) is 16.0. The molecule has 2 N–H and O–H groups in total. The number of hydrogen-bond donors (Lipinski definition) is 2. The molecule has 1 aliphatic heterocycles. The molecule has 0 bridgehead atoms. The van der Waals surface area contributed by atoms with Gasteiger partial charge in [-0.05, 0) is 44.5 Å². The predicted molar refractivity (Wildman–Crippen MR) is 90.8 cm³/mol. The van der Waals surface area contributed by atoms with Crippen LogP contribution in [0.5, 0.6) is 0 Å². The van der Waals surface area contributed by atoms with E-state index in [2.05, 4.69) is 29.5 Å². The topological polar surface area (TPSA) is 62.2 Å². The third-order valence-corrected chi connectivity index (χ3v) is 4.56. The number of piperidine rings is 1. The van der Waals surface area contributed by atoms with Crippen molar-refractivity contribution in [2.24, 2.45) is 0 Å². The van der Waals surface area contributed by atoms with E-state index in [1.807, 2.05) is 18.2 Å². The van der Waals surface area contributed by atoms with E-state index in [1.165, 1.54) is 10.1 Å². The summed E-state index contributed by atoms with van der Waals surface area (Å²) in [4.78, 5) is 17.2. The summed E-state index contributed by atoms with van der Waals surface area (Å²) in [6.07, 6.45) is 2.08. The molecule has 0 atom stereocenters. The number of rotatable bonds is 2. The van der Waals surface area contributed by atoms with Gasteiger partial charge >= 0.3 is 0 Å². The van der Waals surface area contributed by atoms with E-state index < -0.39 is 0 Å². The van der Waals surface area contributed by atoms with Crippen LogP contribution in [0.4, 0.5) is 0 Å². The fraction of sp³-hybridized carbons (Fsp3) is 0.333. The first-order chi connectivity index (χ1) is 11.2. The van der Waals surface area contributed by atoms with Gasteiger partial charge in [0.25, 0.3) is 5.56 Å². The number of nitrogens with zero attached hydrogens (tertiary/aromatic N) is 2. The Bertz CT molecular complexity index is 903. The summed E-state index contributed by atoms with van der Waals surface area (Å²) < 4.78 is 1.53. The van der Waals surface area contributed by atoms with Crippen LogP contribution in [-0.2, 0) is 0 Å². The molecule has 0 unspecified atom stereocenters. The van der Waals surface area contributed by atoms with Crippen molar-refractivity contribution < 1.29 is 0 Å². The van der Waals surface area contributed by atoms with E-state index in [4.69, 9.17) is 4.98 Å². The Balaban J connectivity index is 1.79. The van der Waals surface area contributed by atoms with Crippen molar-refractivity contribution in [3.8, 4) is 11.3 Å². The zero-order valence-electron chi connectivity index (χ0n) is 13.2. The SMILES string of the molecule is Cc1cccc(-c2cc3nc(C4CCNCC4)cc(=O)n3[nH]2)c1. The molecule has 2 aromatic heterocycles. The Morgan fingerprint density at radius 3 is 2.78 bits per heavy atom. The number of fused-ring (bicyclic) bond motifs is 1. The minimum Gasteiger partial charge on any atom is -0.317 e. The van der Waals surface area contributed by atoms with Gasteiger partial charge in [-0.3, -0.25) is 9.89 Å². The number of hydrogen-bond acceptors (Lipinski definition) is 3. The lowest BCUT2D eigenvalue weighted by molar-refractivity contribution is 0.453. The summed E-state index contributed by atoms with van der Waals surface area (Å²) >= 11 is 0. The standard InChI is InChI=1S/C18H20N4O/c1-12-3-2-4-14(9-12)16-10-17-20-15(11-18(23)22(17)21-16)13-5-7-19-8-6-13/h2-4,9-11,13,19,21H,5-8H2,1H3. The molecule has 5 nitrogen and oxygen atoms in total. The molecular formula is C18H20N4O. The fourth-order valence-electron chi connectivity index (χ4n) is 3.30. The molecular weight excluding hydrogens is 288 g/mol. The molecule has 23 heavy (non-hydrogen) atoms. The van der Waals surface area contributed by atoms with E-state index in [0.717, 1.165) is 42.9 Å². The molecule has 1 aliphatic rings. The molecule has 5 heteroatoms. The highest BCUT2D eigenvalue weighted by atomic mass is 16.1. The molecule has 3 heterocycles. The van der Waals surface area contributed by atoms with Gasteiger partial charge < -0.3 is 5.32 Å². The maximum atomic E-state index is 12.4. The van der Waals surface area contributed by atoms with Crippen LogP contribution >= 0.6 is 0 Å². The number of aromatic amines is 1. The highest BCUT2D eigenvalue weighted by molar-refractivity contribution is 5.64. The number of nitrogens with one attached hydrogen (secondary N) is 2. The number of benzene rings is 1. The van der Waals surface area contributed by atoms with Crippen molar-refractivity contribution in [3.63, 3.8) is 0 Å². The highest BCUT2D eigenvalue weighted by Crippen LogP contribution is 2.24. The Labute approximate surface area is 134 Å². The molecule has 1 saturated heterocycles. The summed E-state index contributed by atoms with van der Waals surface area (Å²) in [5, 5.41) is 6.52. The van der Waals surface area contributed by atoms with Gasteiger partial charge in [-0.1, -0.05) is 23.8 Å². The molecule has 1 fully saturated rings. The van der Waals surface area contributed by atoms with Crippen LogP contribution in [-0.4, -0.2) is 27.7 Å². The number of aryl methyl sites for hydroxylation is 1. The second-order valence-electron chi connectivity index (χ2n) is 6.28. The van der Waals surface area contributed by atoms with Gasteiger partial charge in [-0.2, -0.15) is 0 Å². The van der Waals surface area contributed by atoms with Crippen molar-refractivity contribution in [1.82, 2.24) is 19.9 Å². The molecule has 3 aromatic rings. The zero-order valence-corrected chi connectivity index (χ0v) is 13.2. The van der Waals surface area contributed by atoms with Gasteiger partial charge in [0, 0.05) is 18.1 Å². The van der Waals surface area contributed by atoms with Crippen molar-refractivity contribution in [1.29, 1.82) is 0 Å². The number of H-pyrrole nitrogens is 1. The van der Waals surface area contributed by atoms with Gasteiger partial charge in [0.1, 0.15) is 0 Å². The van der Waals surface area contributed by atoms with Crippen molar-refractivity contribution in [2.75, 3.05) is 13.1 Å². The Hall–Kier alpha value is -2.40. The molecule has 0 aliphatic carbocycles. The van der Waals surface area contributed by atoms with Crippen LogP contribution in [0, 0.1) is 6.92 Å². The Morgan fingerprint density at radius 1 is 1.17 bits per heavy atom.